The Morgan fingerprint density at radius 3 is 2.67 bits per heavy atom. The van der Waals surface area contributed by atoms with Crippen LogP contribution >= 0.6 is 0 Å². The number of benzene rings is 1. The third-order valence-electron chi connectivity index (χ3n) is 4.90. The van der Waals surface area contributed by atoms with Crippen LogP contribution in [0.3, 0.4) is 0 Å². The van der Waals surface area contributed by atoms with E-state index in [1.54, 1.807) is 7.11 Å². The molecule has 1 unspecified atom stereocenters. The average Bonchev–Trinajstić information content (AvgIpc) is 2.73. The first kappa shape index (κ1) is 19.3. The van der Waals surface area contributed by atoms with Gasteiger partial charge in [0.25, 0.3) is 5.91 Å². The maximum absolute atomic E-state index is 12.7. The molecule has 7 nitrogen and oxygen atoms in total. The summed E-state index contributed by atoms with van der Waals surface area (Å²) in [6, 6.07) is 11.2. The first-order valence-electron chi connectivity index (χ1n) is 9.20. The van der Waals surface area contributed by atoms with Crippen LogP contribution in [-0.4, -0.2) is 72.6 Å². The third kappa shape index (κ3) is 4.61. The van der Waals surface area contributed by atoms with Crippen LogP contribution < -0.4 is 4.90 Å². The minimum absolute atomic E-state index is 0.0374. The second-order valence-electron chi connectivity index (χ2n) is 6.75. The molecule has 2 aromatic rings. The number of hydrogen-bond donors (Lipinski definition) is 1. The molecule has 3 rings (SSSR count). The first-order chi connectivity index (χ1) is 13.1. The number of aliphatic hydroxyl groups excluding tert-OH is 1. The van der Waals surface area contributed by atoms with Crippen molar-refractivity contribution in [3.05, 3.63) is 42.0 Å². The molecule has 0 spiro atoms. The average molecular weight is 370 g/mol. The summed E-state index contributed by atoms with van der Waals surface area (Å²) in [5, 5.41) is 17.4. The van der Waals surface area contributed by atoms with E-state index in [4.69, 9.17) is 9.84 Å². The van der Waals surface area contributed by atoms with E-state index in [2.05, 4.69) is 10.2 Å². The summed E-state index contributed by atoms with van der Waals surface area (Å²) in [6.45, 7) is 1.99. The monoisotopic (exact) mass is 370 g/mol. The molecule has 7 heteroatoms. The predicted octanol–water partition coefficient (Wildman–Crippen LogP) is 1.82. The Hall–Kier alpha value is -2.51. The van der Waals surface area contributed by atoms with Crippen molar-refractivity contribution in [1.82, 2.24) is 15.1 Å². The minimum atomic E-state index is 0.0374. The summed E-state index contributed by atoms with van der Waals surface area (Å²) in [6.07, 6.45) is 2.09. The number of likely N-dealkylation sites (tertiary alicyclic amines) is 1. The lowest BCUT2D eigenvalue weighted by molar-refractivity contribution is 0.0269. The van der Waals surface area contributed by atoms with Crippen molar-refractivity contribution < 1.29 is 14.6 Å². The van der Waals surface area contributed by atoms with Crippen molar-refractivity contribution in [1.29, 1.82) is 0 Å². The van der Waals surface area contributed by atoms with Crippen molar-refractivity contribution in [3.63, 3.8) is 0 Å². The maximum Gasteiger partial charge on any atom is 0.253 e. The van der Waals surface area contributed by atoms with E-state index >= 15 is 0 Å². The minimum Gasteiger partial charge on any atom is -0.395 e. The highest BCUT2D eigenvalue weighted by molar-refractivity contribution is 5.94. The summed E-state index contributed by atoms with van der Waals surface area (Å²) >= 11 is 0. The van der Waals surface area contributed by atoms with Gasteiger partial charge in [0.2, 0.25) is 0 Å². The van der Waals surface area contributed by atoms with Gasteiger partial charge >= 0.3 is 0 Å². The zero-order valence-electron chi connectivity index (χ0n) is 15.8. The Labute approximate surface area is 159 Å². The Balaban J connectivity index is 1.69. The number of rotatable bonds is 6. The van der Waals surface area contributed by atoms with Gasteiger partial charge in [-0.3, -0.25) is 4.79 Å². The molecule has 1 amide bonds. The number of piperidine rings is 1. The maximum atomic E-state index is 12.7. The quantitative estimate of drug-likeness (QED) is 0.836. The molecule has 0 bridgehead atoms. The number of aliphatic hydroxyl groups is 1. The Bertz CT molecular complexity index is 749. The van der Waals surface area contributed by atoms with Crippen molar-refractivity contribution >= 4 is 11.7 Å². The van der Waals surface area contributed by atoms with Crippen molar-refractivity contribution in [2.45, 2.75) is 18.9 Å². The second-order valence-corrected chi connectivity index (χ2v) is 6.75. The summed E-state index contributed by atoms with van der Waals surface area (Å²) in [7, 11) is 3.55. The molecule has 0 saturated carbocycles. The van der Waals surface area contributed by atoms with Gasteiger partial charge < -0.3 is 19.6 Å². The highest BCUT2D eigenvalue weighted by atomic mass is 16.5. The lowest BCUT2D eigenvalue weighted by atomic mass is 10.0. The van der Waals surface area contributed by atoms with Crippen LogP contribution in [0.1, 0.15) is 23.2 Å². The SMILES string of the molecule is COC1CCCN(C(=O)c2ccc(-c3ccc(N(C)CCO)nn3)cc2)C1. The van der Waals surface area contributed by atoms with Crippen LogP contribution in [-0.2, 0) is 4.74 Å². The Morgan fingerprint density at radius 1 is 1.26 bits per heavy atom. The molecule has 0 aliphatic carbocycles. The smallest absolute Gasteiger partial charge is 0.253 e. The van der Waals surface area contributed by atoms with Crippen LogP contribution in [0.2, 0.25) is 0 Å². The molecule has 1 atom stereocenters. The van der Waals surface area contributed by atoms with Gasteiger partial charge in [-0.25, -0.2) is 0 Å². The standard InChI is InChI=1S/C20H26N4O3/c1-23(12-13-25)19-10-9-18(21-22-19)15-5-7-16(8-6-15)20(26)24-11-3-4-17(14-24)27-2/h5-10,17,25H,3-4,11-14H2,1-2H3. The number of methoxy groups -OCH3 is 1. The summed E-state index contributed by atoms with van der Waals surface area (Å²) in [5.41, 5.74) is 2.32. The summed E-state index contributed by atoms with van der Waals surface area (Å²) in [5.74, 6) is 0.743. The number of ether oxygens (including phenoxy) is 1. The lowest BCUT2D eigenvalue weighted by Crippen LogP contribution is -2.42. The molecule has 27 heavy (non-hydrogen) atoms. The van der Waals surface area contributed by atoms with Gasteiger partial charge in [0.1, 0.15) is 0 Å². The highest BCUT2D eigenvalue weighted by Crippen LogP contribution is 2.21. The van der Waals surface area contributed by atoms with E-state index in [0.29, 0.717) is 24.5 Å². The molecule has 2 heterocycles. The number of amides is 1. The van der Waals surface area contributed by atoms with Gasteiger partial charge in [-0.1, -0.05) is 12.1 Å². The fourth-order valence-electron chi connectivity index (χ4n) is 3.23. The molecule has 144 valence electrons. The van der Waals surface area contributed by atoms with Gasteiger partial charge in [-0.2, -0.15) is 0 Å². The molecule has 1 aromatic heterocycles. The molecule has 0 radical (unpaired) electrons. The van der Waals surface area contributed by atoms with Gasteiger partial charge in [0.05, 0.1) is 18.4 Å². The number of carbonyl (C=O) groups is 1. The first-order valence-corrected chi connectivity index (χ1v) is 9.20. The number of likely N-dealkylation sites (N-methyl/N-ethyl adjacent to an activating group) is 1. The fourth-order valence-corrected chi connectivity index (χ4v) is 3.23. The van der Waals surface area contributed by atoms with Crippen LogP contribution in [0.15, 0.2) is 36.4 Å². The fraction of sp³-hybridized carbons (Fsp3) is 0.450. The number of nitrogens with zero attached hydrogens (tertiary/aromatic N) is 4. The van der Waals surface area contributed by atoms with Crippen molar-refractivity contribution in [2.75, 3.05) is 45.3 Å². The zero-order chi connectivity index (χ0) is 19.2. The molecular weight excluding hydrogens is 344 g/mol. The summed E-state index contributed by atoms with van der Waals surface area (Å²) < 4.78 is 5.40. The molecule has 1 fully saturated rings. The molecule has 1 saturated heterocycles. The number of anilines is 1. The number of carbonyl (C=O) groups excluding carboxylic acids is 1. The van der Waals surface area contributed by atoms with Crippen LogP contribution in [0.4, 0.5) is 5.82 Å². The van der Waals surface area contributed by atoms with Crippen LogP contribution in [0.5, 0.6) is 0 Å². The van der Waals surface area contributed by atoms with E-state index in [9.17, 15) is 4.79 Å². The molecular formula is C20H26N4O3. The molecule has 1 aliphatic heterocycles. The normalized spacial score (nSPS) is 17.0. The van der Waals surface area contributed by atoms with Crippen molar-refractivity contribution in [3.8, 4) is 11.3 Å². The van der Waals surface area contributed by atoms with Gasteiger partial charge in [-0.05, 0) is 37.1 Å². The lowest BCUT2D eigenvalue weighted by Gasteiger charge is -2.32. The molecule has 1 N–H and O–H groups in total. The predicted molar refractivity (Wildman–Crippen MR) is 104 cm³/mol. The number of hydrogen-bond acceptors (Lipinski definition) is 6. The Kier molecular flexibility index (Phi) is 6.36. The topological polar surface area (TPSA) is 78.8 Å². The van der Waals surface area contributed by atoms with E-state index in [-0.39, 0.29) is 18.6 Å². The van der Waals surface area contributed by atoms with Crippen LogP contribution in [0, 0.1) is 0 Å². The van der Waals surface area contributed by atoms with E-state index in [1.807, 2.05) is 53.2 Å². The molecule has 1 aliphatic rings. The zero-order valence-corrected chi connectivity index (χ0v) is 15.8. The van der Waals surface area contributed by atoms with Gasteiger partial charge in [0.15, 0.2) is 5.82 Å². The highest BCUT2D eigenvalue weighted by Gasteiger charge is 2.24. The Morgan fingerprint density at radius 2 is 2.04 bits per heavy atom. The number of aromatic nitrogens is 2. The molecule has 1 aromatic carbocycles. The second kappa shape index (κ2) is 8.92. The van der Waals surface area contributed by atoms with Crippen LogP contribution in [0.25, 0.3) is 11.3 Å². The van der Waals surface area contributed by atoms with E-state index < -0.39 is 0 Å². The van der Waals surface area contributed by atoms with Gasteiger partial charge in [0, 0.05) is 44.9 Å². The van der Waals surface area contributed by atoms with E-state index in [0.717, 1.165) is 30.6 Å². The van der Waals surface area contributed by atoms with Crippen molar-refractivity contribution in [2.24, 2.45) is 0 Å². The largest absolute Gasteiger partial charge is 0.395 e. The van der Waals surface area contributed by atoms with Gasteiger partial charge in [-0.15, -0.1) is 10.2 Å². The third-order valence-corrected chi connectivity index (χ3v) is 4.90. The summed E-state index contributed by atoms with van der Waals surface area (Å²) in [4.78, 5) is 16.4. The van der Waals surface area contributed by atoms with E-state index in [1.165, 1.54) is 0 Å².